The molecule has 2 aromatic carbocycles. The van der Waals surface area contributed by atoms with Crippen LogP contribution in [0.25, 0.3) is 10.9 Å². The van der Waals surface area contributed by atoms with E-state index in [1.54, 1.807) is 25.5 Å². The molecule has 7 nitrogen and oxygen atoms in total. The van der Waals surface area contributed by atoms with Gasteiger partial charge in [0, 0.05) is 30.2 Å². The molecule has 2 atom stereocenters. The van der Waals surface area contributed by atoms with Gasteiger partial charge in [-0.15, -0.1) is 0 Å². The van der Waals surface area contributed by atoms with E-state index in [1.807, 2.05) is 80.6 Å². The Labute approximate surface area is 248 Å². The maximum absolute atomic E-state index is 12.8. The number of nitrogens with one attached hydrogen (secondary N) is 3. The Bertz CT molecular complexity index is 1240. The summed E-state index contributed by atoms with van der Waals surface area (Å²) in [4.78, 5) is 17.3. The van der Waals surface area contributed by atoms with E-state index in [1.165, 1.54) is 0 Å². The van der Waals surface area contributed by atoms with Gasteiger partial charge in [0.15, 0.2) is 0 Å². The van der Waals surface area contributed by atoms with E-state index in [4.69, 9.17) is 4.74 Å². The Morgan fingerprint density at radius 1 is 1.10 bits per heavy atom. The second-order valence-corrected chi connectivity index (χ2v) is 10.0. The number of pyridine rings is 1. The summed E-state index contributed by atoms with van der Waals surface area (Å²) < 4.78 is 5.42. The van der Waals surface area contributed by atoms with Crippen molar-refractivity contribution in [1.29, 1.82) is 0 Å². The number of carbonyl (C=O) groups is 1. The number of hydrogen-bond donors (Lipinski definition) is 3. The van der Waals surface area contributed by atoms with Crippen molar-refractivity contribution < 1.29 is 31.7 Å². The van der Waals surface area contributed by atoms with Crippen molar-refractivity contribution in [2.75, 3.05) is 19.0 Å². The van der Waals surface area contributed by atoms with E-state index >= 15 is 0 Å². The molecular weight excluding hydrogens is 544 g/mol. The van der Waals surface area contributed by atoms with Gasteiger partial charge in [-0.05, 0) is 55.7 Å². The first-order valence-corrected chi connectivity index (χ1v) is 13.5. The van der Waals surface area contributed by atoms with E-state index < -0.39 is 6.04 Å². The van der Waals surface area contributed by atoms with Gasteiger partial charge >= 0.3 is 17.1 Å². The number of allylic oxidation sites excluding steroid dienone is 5. The minimum atomic E-state index is -0.549. The van der Waals surface area contributed by atoms with Crippen LogP contribution in [0.1, 0.15) is 40.0 Å². The third-order valence-electron chi connectivity index (χ3n) is 6.24. The summed E-state index contributed by atoms with van der Waals surface area (Å²) in [6.07, 6.45) is 11.2. The van der Waals surface area contributed by atoms with Crippen LogP contribution in [0.5, 0.6) is 5.75 Å². The Morgan fingerprint density at radius 3 is 2.45 bits per heavy atom. The molecule has 1 heterocycles. The minimum Gasteiger partial charge on any atom is -0.860 e. The second-order valence-electron chi connectivity index (χ2n) is 10.0. The summed E-state index contributed by atoms with van der Waals surface area (Å²) in [7, 11) is 1.66. The van der Waals surface area contributed by atoms with Gasteiger partial charge in [0.05, 0.1) is 18.3 Å². The molecule has 0 fully saturated rings. The molecule has 0 radical (unpaired) electrons. The zero-order chi connectivity index (χ0) is 28.0. The third-order valence-corrected chi connectivity index (χ3v) is 6.24. The van der Waals surface area contributed by atoms with Crippen molar-refractivity contribution in [1.82, 2.24) is 15.6 Å². The molecule has 0 aliphatic heterocycles. The number of amides is 1. The van der Waals surface area contributed by atoms with Gasteiger partial charge in [0.25, 0.3) is 0 Å². The summed E-state index contributed by atoms with van der Waals surface area (Å²) in [5.74, 6) is 0.702. The first-order valence-electron chi connectivity index (χ1n) is 13.5. The number of nitrogens with zero attached hydrogens (tertiary/aromatic N) is 1. The normalized spacial score (nSPS) is 13.2. The van der Waals surface area contributed by atoms with Gasteiger partial charge in [-0.2, -0.15) is 18.2 Å². The van der Waals surface area contributed by atoms with E-state index in [0.717, 1.165) is 35.2 Å². The molecule has 214 valence electrons. The van der Waals surface area contributed by atoms with Gasteiger partial charge in [0.1, 0.15) is 11.8 Å². The zero-order valence-corrected chi connectivity index (χ0v) is 24.8. The number of rotatable bonds is 12. The van der Waals surface area contributed by atoms with Crippen molar-refractivity contribution in [2.24, 2.45) is 5.92 Å². The van der Waals surface area contributed by atoms with Crippen LogP contribution >= 0.6 is 0 Å². The molecule has 4 rings (SSSR count). The number of ether oxygens (including phenoxy) is 1. The fourth-order valence-electron chi connectivity index (χ4n) is 4.26. The van der Waals surface area contributed by atoms with Crippen LogP contribution in [0.15, 0.2) is 96.6 Å². The van der Waals surface area contributed by atoms with Crippen LogP contribution in [0.4, 0.5) is 5.69 Å². The average molecular weight is 585 g/mol. The standard InChI is InChI=1S/C27H36N4O3.C5H5.Fe/c1-18(2)15-24(31-26(32)20-10-5-6-11-20)27(33)29-14-7-9-19(3)30-23-17-22(34-4)16-21-12-8-13-28-25(21)23;1-2-4-5-3-1;/h5-6,8,10-13,16-19,24,30-32H,7,9,14-15H2,1-4H3,(H,29,33);1-5H;/q;-1;+2/p-1/t19?,24-;;/m1../s1. The number of methoxy groups -OCH3 is 1. The molecule has 1 aromatic heterocycles. The van der Waals surface area contributed by atoms with E-state index in [0.29, 0.717) is 18.5 Å². The van der Waals surface area contributed by atoms with Crippen LogP contribution in [0.2, 0.25) is 0 Å². The van der Waals surface area contributed by atoms with Gasteiger partial charge in [-0.1, -0.05) is 44.2 Å². The minimum absolute atomic E-state index is 0. The van der Waals surface area contributed by atoms with E-state index in [9.17, 15) is 9.90 Å². The van der Waals surface area contributed by atoms with Crippen molar-refractivity contribution in [2.45, 2.75) is 52.1 Å². The maximum atomic E-state index is 12.8. The fourth-order valence-corrected chi connectivity index (χ4v) is 4.26. The van der Waals surface area contributed by atoms with Crippen molar-refractivity contribution in [3.63, 3.8) is 0 Å². The first-order chi connectivity index (χ1) is 18.9. The van der Waals surface area contributed by atoms with Crippen LogP contribution in [-0.4, -0.2) is 36.6 Å². The Morgan fingerprint density at radius 2 is 1.82 bits per heavy atom. The SMILES string of the molecule is COc1cc(NC(C)CCCNC(=O)[C@@H](CC(C)C)NC([O-])=C2C=CC=C2)c2ncccc2c1.[Fe+2].c1cc[cH-]c1. The number of hydrogen-bond acceptors (Lipinski definition) is 6. The first kappa shape index (κ1) is 32.6. The number of aromatic nitrogens is 1. The van der Waals surface area contributed by atoms with Crippen LogP contribution in [0.3, 0.4) is 0 Å². The molecule has 1 amide bonds. The largest absolute Gasteiger partial charge is 2.00 e. The zero-order valence-electron chi connectivity index (χ0n) is 23.7. The third kappa shape index (κ3) is 10.5. The Kier molecular flexibility index (Phi) is 14.0. The predicted octanol–water partition coefficient (Wildman–Crippen LogP) is 5.05. The summed E-state index contributed by atoms with van der Waals surface area (Å²) in [6, 6.07) is 17.5. The molecule has 0 bridgehead atoms. The maximum Gasteiger partial charge on any atom is 2.00 e. The molecule has 0 saturated heterocycles. The second kappa shape index (κ2) is 17.2. The molecular formula is C32H40FeN4O3. The monoisotopic (exact) mass is 584 g/mol. The molecule has 3 aromatic rings. The molecule has 40 heavy (non-hydrogen) atoms. The van der Waals surface area contributed by atoms with Gasteiger partial charge in [-0.25, -0.2) is 12.1 Å². The van der Waals surface area contributed by atoms with Crippen molar-refractivity contribution in [3.8, 4) is 5.75 Å². The Balaban J connectivity index is 0.000000840. The van der Waals surface area contributed by atoms with Crippen LogP contribution < -0.4 is 25.8 Å². The number of carbonyl (C=O) groups excluding carboxylic acids is 1. The fraction of sp³-hybridized carbons (Fsp3) is 0.344. The molecule has 3 N–H and O–H groups in total. The number of fused-ring (bicyclic) bond motifs is 1. The van der Waals surface area contributed by atoms with Gasteiger partial charge < -0.3 is 25.8 Å². The van der Waals surface area contributed by atoms with Crippen LogP contribution in [-0.2, 0) is 21.9 Å². The number of benzene rings is 1. The summed E-state index contributed by atoms with van der Waals surface area (Å²) >= 11 is 0. The quantitative estimate of drug-likeness (QED) is 0.119. The van der Waals surface area contributed by atoms with Crippen molar-refractivity contribution >= 4 is 22.5 Å². The summed E-state index contributed by atoms with van der Waals surface area (Å²) in [5.41, 5.74) is 2.40. The molecule has 1 aliphatic carbocycles. The topological polar surface area (TPSA) is 98.3 Å². The molecule has 1 unspecified atom stereocenters. The van der Waals surface area contributed by atoms with Gasteiger partial charge in [-0.3, -0.25) is 9.78 Å². The molecule has 0 spiro atoms. The average Bonchev–Trinajstić information content (AvgIpc) is 3.68. The van der Waals surface area contributed by atoms with E-state index in [2.05, 4.69) is 27.9 Å². The van der Waals surface area contributed by atoms with Gasteiger partial charge in [0.2, 0.25) is 5.91 Å². The van der Waals surface area contributed by atoms with Crippen molar-refractivity contribution in [3.05, 3.63) is 96.6 Å². The van der Waals surface area contributed by atoms with E-state index in [-0.39, 0.29) is 40.8 Å². The Hall–Kier alpha value is -3.61. The predicted molar refractivity (Wildman–Crippen MR) is 157 cm³/mol. The summed E-state index contributed by atoms with van der Waals surface area (Å²) in [6.45, 7) is 6.74. The molecule has 8 heteroatoms. The summed E-state index contributed by atoms with van der Waals surface area (Å²) in [5, 5.41) is 22.8. The number of anilines is 1. The molecule has 1 aliphatic rings. The smallest absolute Gasteiger partial charge is 0.860 e. The molecule has 0 saturated carbocycles. The van der Waals surface area contributed by atoms with Crippen LogP contribution in [0, 0.1) is 5.92 Å².